The van der Waals surface area contributed by atoms with Crippen LogP contribution in [0.1, 0.15) is 24.2 Å². The van der Waals surface area contributed by atoms with Crippen molar-refractivity contribution in [2.75, 3.05) is 32.7 Å². The van der Waals surface area contributed by atoms with E-state index in [1.807, 2.05) is 13.8 Å². The smallest absolute Gasteiger partial charge is 0.251 e. The molecule has 2 heterocycles. The topological polar surface area (TPSA) is 108 Å². The first-order valence-electron chi connectivity index (χ1n) is 9.20. The number of benzene rings is 1. The molecule has 8 nitrogen and oxygen atoms in total. The Labute approximate surface area is 172 Å². The van der Waals surface area contributed by atoms with Crippen LogP contribution in [-0.2, 0) is 14.8 Å². The summed E-state index contributed by atoms with van der Waals surface area (Å²) in [5, 5.41) is 15.6. The second kappa shape index (κ2) is 9.51. The summed E-state index contributed by atoms with van der Waals surface area (Å²) in [6.07, 6.45) is -0.779. The van der Waals surface area contributed by atoms with Gasteiger partial charge < -0.3 is 20.5 Å². The summed E-state index contributed by atoms with van der Waals surface area (Å²) in [7, 11) is -3.62. The second-order valence-electron chi connectivity index (χ2n) is 7.30. The summed E-state index contributed by atoms with van der Waals surface area (Å²) in [4.78, 5) is 12.4. The highest BCUT2D eigenvalue weighted by Gasteiger charge is 2.32. The number of hydrogen-bond acceptors (Lipinski definition) is 6. The molecule has 0 bridgehead atoms. The number of ether oxygens (including phenoxy) is 1. The summed E-state index contributed by atoms with van der Waals surface area (Å²) >= 11 is 0. The Balaban J connectivity index is 0.00000280. The normalized spacial score (nSPS) is 28.5. The van der Waals surface area contributed by atoms with Gasteiger partial charge in [0.25, 0.3) is 5.91 Å². The van der Waals surface area contributed by atoms with Gasteiger partial charge in [0.15, 0.2) is 0 Å². The number of carbonyl (C=O) groups is 1. The van der Waals surface area contributed by atoms with Crippen LogP contribution in [0, 0.1) is 5.92 Å². The molecular formula is C18H28ClN3O5S. The number of hydrogen-bond donors (Lipinski definition) is 3. The number of nitrogens with one attached hydrogen (secondary N) is 2. The zero-order valence-electron chi connectivity index (χ0n) is 16.0. The lowest BCUT2D eigenvalue weighted by Gasteiger charge is -2.34. The lowest BCUT2D eigenvalue weighted by atomic mass is 10.1. The molecule has 3 N–H and O–H groups in total. The minimum Gasteiger partial charge on any atom is -0.391 e. The number of amides is 1. The van der Waals surface area contributed by atoms with E-state index < -0.39 is 16.1 Å². The van der Waals surface area contributed by atoms with Crippen molar-refractivity contribution in [3.63, 3.8) is 0 Å². The fourth-order valence-corrected chi connectivity index (χ4v) is 5.10. The van der Waals surface area contributed by atoms with Gasteiger partial charge in [-0.2, -0.15) is 4.31 Å². The van der Waals surface area contributed by atoms with Gasteiger partial charge in [0.05, 0.1) is 23.2 Å². The van der Waals surface area contributed by atoms with E-state index in [0.29, 0.717) is 38.3 Å². The Morgan fingerprint density at radius 2 is 1.82 bits per heavy atom. The molecule has 4 atom stereocenters. The van der Waals surface area contributed by atoms with Crippen molar-refractivity contribution in [1.29, 1.82) is 0 Å². The highest BCUT2D eigenvalue weighted by molar-refractivity contribution is 7.89. The Morgan fingerprint density at radius 1 is 1.21 bits per heavy atom. The molecular weight excluding hydrogens is 406 g/mol. The van der Waals surface area contributed by atoms with E-state index in [9.17, 15) is 18.3 Å². The number of nitrogens with zero attached hydrogens (tertiary/aromatic N) is 1. The zero-order chi connectivity index (χ0) is 19.6. The molecule has 1 aromatic rings. The molecule has 1 amide bonds. The number of morpholine rings is 1. The van der Waals surface area contributed by atoms with Crippen LogP contribution in [-0.4, -0.2) is 74.8 Å². The second-order valence-corrected chi connectivity index (χ2v) is 9.24. The Bertz CT molecular complexity index is 764. The van der Waals surface area contributed by atoms with Gasteiger partial charge in [0.2, 0.25) is 10.0 Å². The predicted molar refractivity (Wildman–Crippen MR) is 107 cm³/mol. The maximum absolute atomic E-state index is 12.8. The Morgan fingerprint density at radius 3 is 2.36 bits per heavy atom. The molecule has 4 unspecified atom stereocenters. The van der Waals surface area contributed by atoms with Crippen LogP contribution < -0.4 is 10.6 Å². The van der Waals surface area contributed by atoms with Gasteiger partial charge >= 0.3 is 0 Å². The molecule has 158 valence electrons. The maximum atomic E-state index is 12.8. The van der Waals surface area contributed by atoms with Crippen molar-refractivity contribution >= 4 is 28.3 Å². The molecule has 10 heteroatoms. The molecule has 0 aromatic heterocycles. The van der Waals surface area contributed by atoms with Gasteiger partial charge in [-0.15, -0.1) is 12.4 Å². The number of aliphatic hydroxyl groups is 1. The minimum atomic E-state index is -3.62. The number of sulfonamides is 1. The fourth-order valence-electron chi connectivity index (χ4n) is 3.51. The number of aliphatic hydroxyl groups excluding tert-OH is 1. The molecule has 0 radical (unpaired) electrons. The lowest BCUT2D eigenvalue weighted by molar-refractivity contribution is -0.0440. The van der Waals surface area contributed by atoms with Crippen molar-refractivity contribution in [2.45, 2.75) is 37.1 Å². The standard InChI is InChI=1S/C18H27N3O5S.ClH/c1-12-10-21(11-13(2)26-12)27(24,25)16-5-3-14(4-6-16)18(23)20-8-15-7-19-9-17(15)22;/h3-6,12-13,15,17,19,22H,7-11H2,1-2H3,(H,20,23);1H. The SMILES string of the molecule is CC1CN(S(=O)(=O)c2ccc(C(=O)NCC3CNCC3O)cc2)CC(C)O1.Cl. The number of carbonyl (C=O) groups excluding carboxylic acids is 1. The molecule has 0 saturated carbocycles. The van der Waals surface area contributed by atoms with Gasteiger partial charge in [0.1, 0.15) is 0 Å². The molecule has 2 aliphatic rings. The van der Waals surface area contributed by atoms with E-state index in [-0.39, 0.29) is 41.3 Å². The third-order valence-electron chi connectivity index (χ3n) is 4.97. The van der Waals surface area contributed by atoms with Crippen LogP contribution in [0.5, 0.6) is 0 Å². The van der Waals surface area contributed by atoms with Crippen LogP contribution in [0.4, 0.5) is 0 Å². The van der Waals surface area contributed by atoms with E-state index in [2.05, 4.69) is 10.6 Å². The van der Waals surface area contributed by atoms with Gasteiger partial charge in [0, 0.05) is 44.2 Å². The van der Waals surface area contributed by atoms with E-state index in [4.69, 9.17) is 4.74 Å². The zero-order valence-corrected chi connectivity index (χ0v) is 17.6. The van der Waals surface area contributed by atoms with E-state index in [1.165, 1.54) is 28.6 Å². The van der Waals surface area contributed by atoms with Crippen molar-refractivity contribution in [3.8, 4) is 0 Å². The molecule has 2 saturated heterocycles. The van der Waals surface area contributed by atoms with Crippen LogP contribution in [0.25, 0.3) is 0 Å². The van der Waals surface area contributed by atoms with Gasteiger partial charge in [-0.1, -0.05) is 0 Å². The van der Waals surface area contributed by atoms with Gasteiger partial charge in [-0.25, -0.2) is 8.42 Å². The first-order chi connectivity index (χ1) is 12.8. The van der Waals surface area contributed by atoms with Crippen LogP contribution in [0.2, 0.25) is 0 Å². The van der Waals surface area contributed by atoms with Crippen molar-refractivity contribution < 1.29 is 23.1 Å². The fraction of sp³-hybridized carbons (Fsp3) is 0.611. The lowest BCUT2D eigenvalue weighted by Crippen LogP contribution is -2.48. The Hall–Kier alpha value is -1.23. The minimum absolute atomic E-state index is 0. The molecule has 0 aliphatic carbocycles. The third-order valence-corrected chi connectivity index (χ3v) is 6.82. The van der Waals surface area contributed by atoms with E-state index >= 15 is 0 Å². The first-order valence-corrected chi connectivity index (χ1v) is 10.6. The molecule has 3 rings (SSSR count). The molecule has 1 aromatic carbocycles. The molecule has 2 fully saturated rings. The van der Waals surface area contributed by atoms with Crippen LogP contribution >= 0.6 is 12.4 Å². The number of halogens is 1. The van der Waals surface area contributed by atoms with Crippen LogP contribution in [0.15, 0.2) is 29.2 Å². The largest absolute Gasteiger partial charge is 0.391 e. The van der Waals surface area contributed by atoms with Gasteiger partial charge in [-0.05, 0) is 38.1 Å². The van der Waals surface area contributed by atoms with E-state index in [1.54, 1.807) is 0 Å². The number of rotatable bonds is 5. The third kappa shape index (κ3) is 5.22. The van der Waals surface area contributed by atoms with Crippen molar-refractivity contribution in [2.24, 2.45) is 5.92 Å². The Kier molecular flexibility index (Phi) is 7.83. The summed E-state index contributed by atoms with van der Waals surface area (Å²) in [6.45, 7) is 5.89. The maximum Gasteiger partial charge on any atom is 0.251 e. The van der Waals surface area contributed by atoms with Gasteiger partial charge in [-0.3, -0.25) is 4.79 Å². The average molecular weight is 434 g/mol. The molecule has 0 spiro atoms. The summed E-state index contributed by atoms with van der Waals surface area (Å²) in [5.74, 6) is -0.300. The van der Waals surface area contributed by atoms with Crippen molar-refractivity contribution in [3.05, 3.63) is 29.8 Å². The van der Waals surface area contributed by atoms with Crippen LogP contribution in [0.3, 0.4) is 0 Å². The summed E-state index contributed by atoms with van der Waals surface area (Å²) in [6, 6.07) is 5.94. The van der Waals surface area contributed by atoms with E-state index in [0.717, 1.165) is 0 Å². The average Bonchev–Trinajstić information content (AvgIpc) is 3.04. The molecule has 28 heavy (non-hydrogen) atoms. The quantitative estimate of drug-likeness (QED) is 0.613. The summed E-state index contributed by atoms with van der Waals surface area (Å²) < 4.78 is 32.7. The monoisotopic (exact) mass is 433 g/mol. The molecule has 2 aliphatic heterocycles. The van der Waals surface area contributed by atoms with Crippen molar-refractivity contribution in [1.82, 2.24) is 14.9 Å². The highest BCUT2D eigenvalue weighted by Crippen LogP contribution is 2.21. The summed E-state index contributed by atoms with van der Waals surface area (Å²) in [5.41, 5.74) is 0.387. The first kappa shape index (κ1) is 23.1. The highest BCUT2D eigenvalue weighted by atomic mass is 35.5. The predicted octanol–water partition coefficient (Wildman–Crippen LogP) is 0.216. The number of β-amino-alcohol motifs (C(OH)–C–C–N with tert-alkyl or cyclic N) is 1.